The van der Waals surface area contributed by atoms with Gasteiger partial charge in [-0.15, -0.1) is 0 Å². The summed E-state index contributed by atoms with van der Waals surface area (Å²) in [7, 11) is 0. The Kier molecular flexibility index (Phi) is 2.67. The second kappa shape index (κ2) is 3.67. The number of hydrogen-bond acceptors (Lipinski definition) is 0. The van der Waals surface area contributed by atoms with Crippen LogP contribution < -0.4 is 0 Å². The molecule has 1 saturated carbocycles. The minimum Gasteiger partial charge on any atom is -0.199 e. The van der Waals surface area contributed by atoms with Crippen LogP contribution in [-0.2, 0) is 5.41 Å². The maximum atomic E-state index is 12.8. The van der Waals surface area contributed by atoms with Gasteiger partial charge < -0.3 is 0 Å². The Bertz CT molecular complexity index is 361. The smallest absolute Gasteiger partial charge is 0.162 e. The average molecular weight is 276 g/mol. The van der Waals surface area contributed by atoms with E-state index in [1.54, 1.807) is 6.08 Å². The Labute approximate surface area is 95.9 Å². The molecule has 0 aliphatic heterocycles. The zero-order valence-corrected chi connectivity index (χ0v) is 9.78. The van der Waals surface area contributed by atoms with Gasteiger partial charge in [-0.2, -0.15) is 4.39 Å². The highest BCUT2D eigenvalue weighted by molar-refractivity contribution is 9.11. The lowest BCUT2D eigenvalue weighted by Crippen LogP contribution is -2.01. The summed E-state index contributed by atoms with van der Waals surface area (Å²) in [6, 6.07) is 7.61. The number of benzene rings is 1. The van der Waals surface area contributed by atoms with Crippen LogP contribution in [0.4, 0.5) is 4.39 Å². The van der Waals surface area contributed by atoms with Crippen molar-refractivity contribution in [2.45, 2.75) is 18.3 Å². The molecule has 0 radical (unpaired) electrons. The molecule has 1 aromatic rings. The zero-order valence-electron chi connectivity index (χ0n) is 7.43. The van der Waals surface area contributed by atoms with Crippen LogP contribution in [0.1, 0.15) is 18.4 Å². The molecule has 0 amide bonds. The van der Waals surface area contributed by atoms with E-state index in [-0.39, 0.29) is 10.2 Å². The molecule has 74 valence electrons. The topological polar surface area (TPSA) is 0 Å². The van der Waals surface area contributed by atoms with Crippen LogP contribution in [0.3, 0.4) is 0 Å². The highest BCUT2D eigenvalue weighted by atomic mass is 79.9. The molecule has 1 aromatic carbocycles. The van der Waals surface area contributed by atoms with Crippen molar-refractivity contribution in [2.24, 2.45) is 0 Å². The van der Waals surface area contributed by atoms with Crippen molar-refractivity contribution in [1.82, 2.24) is 0 Å². The van der Waals surface area contributed by atoms with Gasteiger partial charge in [0.05, 0.1) is 0 Å². The van der Waals surface area contributed by atoms with Crippen LogP contribution in [0.25, 0.3) is 0 Å². The third kappa shape index (κ3) is 2.01. The van der Waals surface area contributed by atoms with Gasteiger partial charge in [-0.1, -0.05) is 23.7 Å². The molecule has 1 fully saturated rings. The number of allylic oxidation sites excluding steroid dienone is 1. The molecule has 0 nitrogen and oxygen atoms in total. The largest absolute Gasteiger partial charge is 0.199 e. The Hall–Kier alpha value is -0.340. The summed E-state index contributed by atoms with van der Waals surface area (Å²) in [6.07, 6.45) is 3.65. The average Bonchev–Trinajstić information content (AvgIpc) is 2.85. The molecule has 0 spiro atoms. The van der Waals surface area contributed by atoms with Gasteiger partial charge in [0.1, 0.15) is 0 Å². The van der Waals surface area contributed by atoms with Crippen LogP contribution in [0.2, 0.25) is 5.02 Å². The van der Waals surface area contributed by atoms with E-state index in [2.05, 4.69) is 15.9 Å². The van der Waals surface area contributed by atoms with E-state index < -0.39 is 0 Å². The second-order valence-electron chi connectivity index (χ2n) is 3.60. The van der Waals surface area contributed by atoms with E-state index >= 15 is 0 Å². The normalized spacial score (nSPS) is 19.5. The van der Waals surface area contributed by atoms with Crippen molar-refractivity contribution in [3.8, 4) is 0 Å². The van der Waals surface area contributed by atoms with Gasteiger partial charge >= 0.3 is 0 Å². The van der Waals surface area contributed by atoms with Gasteiger partial charge in [0.25, 0.3) is 0 Å². The van der Waals surface area contributed by atoms with Crippen molar-refractivity contribution in [3.05, 3.63) is 45.7 Å². The minimum atomic E-state index is -0.287. The molecule has 0 atom stereocenters. The summed E-state index contributed by atoms with van der Waals surface area (Å²) in [6.45, 7) is 0. The predicted molar refractivity (Wildman–Crippen MR) is 60.5 cm³/mol. The molecule has 1 aliphatic carbocycles. The third-order valence-electron chi connectivity index (χ3n) is 2.59. The molecule has 1 aliphatic rings. The molecule has 0 aromatic heterocycles. The molecular weight excluding hydrogens is 266 g/mol. The summed E-state index contributed by atoms with van der Waals surface area (Å²) in [5.74, 6) is 0. The minimum absolute atomic E-state index is 0.0851. The van der Waals surface area contributed by atoms with E-state index in [0.717, 1.165) is 18.4 Å². The number of rotatable bonds is 2. The Morgan fingerprint density at radius 3 is 2.36 bits per heavy atom. The summed E-state index contributed by atoms with van der Waals surface area (Å²) >= 11 is 8.62. The number of hydrogen-bond donors (Lipinski definition) is 0. The van der Waals surface area contributed by atoms with Crippen molar-refractivity contribution in [1.29, 1.82) is 0 Å². The van der Waals surface area contributed by atoms with Gasteiger partial charge in [-0.05, 0) is 52.5 Å². The Balaban J connectivity index is 2.31. The molecule has 0 bridgehead atoms. The molecule has 0 heterocycles. The third-order valence-corrected chi connectivity index (χ3v) is 3.07. The molecule has 0 unspecified atom stereocenters. The van der Waals surface area contributed by atoms with Crippen molar-refractivity contribution in [3.63, 3.8) is 0 Å². The lowest BCUT2D eigenvalue weighted by atomic mass is 9.96. The van der Waals surface area contributed by atoms with Crippen molar-refractivity contribution >= 4 is 27.5 Å². The van der Waals surface area contributed by atoms with Crippen LogP contribution in [0.15, 0.2) is 35.1 Å². The van der Waals surface area contributed by atoms with Crippen LogP contribution in [-0.4, -0.2) is 0 Å². The lowest BCUT2D eigenvalue weighted by Gasteiger charge is -2.09. The summed E-state index contributed by atoms with van der Waals surface area (Å²) in [5, 5.41) is 0.716. The summed E-state index contributed by atoms with van der Waals surface area (Å²) < 4.78 is 12.5. The van der Waals surface area contributed by atoms with E-state index in [1.807, 2.05) is 24.3 Å². The Morgan fingerprint density at radius 2 is 1.93 bits per heavy atom. The van der Waals surface area contributed by atoms with Gasteiger partial charge in [0, 0.05) is 10.4 Å². The van der Waals surface area contributed by atoms with Gasteiger partial charge in [0.2, 0.25) is 0 Å². The van der Waals surface area contributed by atoms with E-state index in [9.17, 15) is 4.39 Å². The SMILES string of the molecule is FC(Br)=CC1(c2ccc(Cl)cc2)CC1. The van der Waals surface area contributed by atoms with Crippen molar-refractivity contribution < 1.29 is 4.39 Å². The summed E-state index contributed by atoms with van der Waals surface area (Å²) in [5.41, 5.74) is 1.05. The fraction of sp³-hybridized carbons (Fsp3) is 0.273. The van der Waals surface area contributed by atoms with Crippen LogP contribution >= 0.6 is 27.5 Å². The molecular formula is C11H9BrClF. The van der Waals surface area contributed by atoms with E-state index in [1.165, 1.54) is 0 Å². The standard InChI is InChI=1S/C11H9BrClF/c12-10(14)7-11(5-6-11)8-1-3-9(13)4-2-8/h1-4,7H,5-6H2. The van der Waals surface area contributed by atoms with E-state index in [0.29, 0.717) is 5.02 Å². The monoisotopic (exact) mass is 274 g/mol. The molecule has 3 heteroatoms. The fourth-order valence-electron chi connectivity index (χ4n) is 1.64. The molecule has 0 saturated heterocycles. The van der Waals surface area contributed by atoms with E-state index in [4.69, 9.17) is 11.6 Å². The first-order valence-electron chi connectivity index (χ1n) is 4.42. The highest BCUT2D eigenvalue weighted by Gasteiger charge is 2.42. The van der Waals surface area contributed by atoms with Crippen LogP contribution in [0.5, 0.6) is 0 Å². The first-order valence-corrected chi connectivity index (χ1v) is 5.59. The first-order chi connectivity index (χ1) is 6.62. The Morgan fingerprint density at radius 1 is 1.36 bits per heavy atom. The number of halogens is 3. The van der Waals surface area contributed by atoms with Gasteiger partial charge in [-0.3, -0.25) is 0 Å². The van der Waals surface area contributed by atoms with Gasteiger partial charge in [0.15, 0.2) is 4.74 Å². The molecule has 2 rings (SSSR count). The highest BCUT2D eigenvalue weighted by Crippen LogP contribution is 2.50. The fourth-order valence-corrected chi connectivity index (χ4v) is 2.21. The lowest BCUT2D eigenvalue weighted by molar-refractivity contribution is 0.686. The second-order valence-corrected chi connectivity index (χ2v) is 4.79. The maximum Gasteiger partial charge on any atom is 0.162 e. The van der Waals surface area contributed by atoms with Crippen molar-refractivity contribution in [2.75, 3.05) is 0 Å². The predicted octanol–water partition coefficient (Wildman–Crippen LogP) is 4.58. The van der Waals surface area contributed by atoms with Crippen LogP contribution in [0, 0.1) is 0 Å². The quantitative estimate of drug-likeness (QED) is 0.741. The first kappa shape index (κ1) is 10.2. The van der Waals surface area contributed by atoms with Gasteiger partial charge in [-0.25, -0.2) is 0 Å². The molecule has 0 N–H and O–H groups in total. The summed E-state index contributed by atoms with van der Waals surface area (Å²) in [4.78, 5) is 0. The maximum absolute atomic E-state index is 12.8. The molecule has 14 heavy (non-hydrogen) atoms. The zero-order chi connectivity index (χ0) is 10.2.